The topological polar surface area (TPSA) is 29.4 Å². The lowest BCUT2D eigenvalue weighted by Gasteiger charge is -2.10. The maximum atomic E-state index is 9.63. The summed E-state index contributed by atoms with van der Waals surface area (Å²) < 4.78 is 0. The molecule has 0 atom stereocenters. The Morgan fingerprint density at radius 3 is 2.38 bits per heavy atom. The molecular formula is C5H8ClNO. The highest BCUT2D eigenvalue weighted by Gasteiger charge is 2.12. The van der Waals surface area contributed by atoms with Crippen LogP contribution in [0.4, 0.5) is 0 Å². The zero-order valence-corrected chi connectivity index (χ0v) is 5.70. The monoisotopic (exact) mass is 133 g/mol. The van der Waals surface area contributed by atoms with Gasteiger partial charge in [-0.2, -0.15) is 4.99 Å². The molecule has 0 aliphatic heterocycles. The lowest BCUT2D eigenvalue weighted by atomic mass is 10.1. The molecule has 0 heterocycles. The summed E-state index contributed by atoms with van der Waals surface area (Å²) in [5.41, 5.74) is -0.441. The minimum Gasteiger partial charge on any atom is -0.211 e. The Balaban J connectivity index is 3.90. The van der Waals surface area contributed by atoms with E-state index in [9.17, 15) is 4.79 Å². The van der Waals surface area contributed by atoms with Crippen LogP contribution in [0.15, 0.2) is 4.99 Å². The second-order valence-electron chi connectivity index (χ2n) is 2.15. The van der Waals surface area contributed by atoms with E-state index in [2.05, 4.69) is 4.99 Å². The third-order valence-electron chi connectivity index (χ3n) is 0.675. The van der Waals surface area contributed by atoms with Crippen molar-refractivity contribution < 1.29 is 4.79 Å². The number of carbonyl (C=O) groups excluding carboxylic acids is 1. The predicted octanol–water partition coefficient (Wildman–Crippen LogP) is 1.34. The van der Waals surface area contributed by atoms with Gasteiger partial charge < -0.3 is 0 Å². The van der Waals surface area contributed by atoms with E-state index < -0.39 is 5.54 Å². The van der Waals surface area contributed by atoms with Crippen molar-refractivity contribution in [2.75, 3.05) is 5.88 Å². The highest BCUT2D eigenvalue weighted by atomic mass is 35.5. The number of alkyl halides is 1. The van der Waals surface area contributed by atoms with Crippen LogP contribution in [0, 0.1) is 0 Å². The SMILES string of the molecule is CC(C)(CCl)N=C=O. The fraction of sp³-hybridized carbons (Fsp3) is 0.800. The minimum absolute atomic E-state index is 0.349. The van der Waals surface area contributed by atoms with Gasteiger partial charge in [-0.05, 0) is 13.8 Å². The first kappa shape index (κ1) is 7.67. The number of hydrogen-bond acceptors (Lipinski definition) is 2. The van der Waals surface area contributed by atoms with Gasteiger partial charge in [0.05, 0.1) is 5.54 Å². The molecule has 0 aromatic heterocycles. The van der Waals surface area contributed by atoms with Gasteiger partial charge in [-0.1, -0.05) is 0 Å². The second kappa shape index (κ2) is 2.85. The number of rotatable bonds is 2. The molecule has 0 spiro atoms. The Bertz CT molecular complexity index is 116. The standard InChI is InChI=1S/C5H8ClNO/c1-5(2,3-6)7-4-8/h3H2,1-2H3. The summed E-state index contributed by atoms with van der Waals surface area (Å²) in [5.74, 6) is 0.349. The Hall–Kier alpha value is -0.330. The molecule has 46 valence electrons. The van der Waals surface area contributed by atoms with Crippen molar-refractivity contribution in [2.24, 2.45) is 4.99 Å². The van der Waals surface area contributed by atoms with Gasteiger partial charge in [-0.25, -0.2) is 4.79 Å². The summed E-state index contributed by atoms with van der Waals surface area (Å²) in [6, 6.07) is 0. The lowest BCUT2D eigenvalue weighted by Crippen LogP contribution is -2.17. The van der Waals surface area contributed by atoms with E-state index in [0.717, 1.165) is 0 Å². The molecule has 0 aromatic carbocycles. The van der Waals surface area contributed by atoms with E-state index >= 15 is 0 Å². The van der Waals surface area contributed by atoms with Gasteiger partial charge in [0.15, 0.2) is 0 Å². The number of hydrogen-bond donors (Lipinski definition) is 0. The summed E-state index contributed by atoms with van der Waals surface area (Å²) in [5, 5.41) is 0. The van der Waals surface area contributed by atoms with Crippen molar-refractivity contribution in [3.05, 3.63) is 0 Å². The van der Waals surface area contributed by atoms with Crippen molar-refractivity contribution in [3.63, 3.8) is 0 Å². The number of isocyanates is 1. The summed E-state index contributed by atoms with van der Waals surface area (Å²) in [6.45, 7) is 3.54. The Kier molecular flexibility index (Phi) is 2.74. The van der Waals surface area contributed by atoms with E-state index in [1.165, 1.54) is 6.08 Å². The summed E-state index contributed by atoms with van der Waals surface area (Å²) in [7, 11) is 0. The molecule has 0 bridgehead atoms. The van der Waals surface area contributed by atoms with Crippen LogP contribution in [0.25, 0.3) is 0 Å². The van der Waals surface area contributed by atoms with E-state index in [-0.39, 0.29) is 0 Å². The predicted molar refractivity (Wildman–Crippen MR) is 32.9 cm³/mol. The summed E-state index contributed by atoms with van der Waals surface area (Å²) in [4.78, 5) is 13.1. The molecule has 8 heavy (non-hydrogen) atoms. The van der Waals surface area contributed by atoms with Gasteiger partial charge in [0.2, 0.25) is 6.08 Å². The van der Waals surface area contributed by atoms with Crippen molar-refractivity contribution in [1.29, 1.82) is 0 Å². The normalized spacial score (nSPS) is 10.4. The third-order valence-corrected chi connectivity index (χ3v) is 1.33. The van der Waals surface area contributed by atoms with Gasteiger partial charge in [-0.3, -0.25) is 0 Å². The Morgan fingerprint density at radius 2 is 2.25 bits per heavy atom. The smallest absolute Gasteiger partial charge is 0.211 e. The van der Waals surface area contributed by atoms with Crippen LogP contribution in [0.3, 0.4) is 0 Å². The zero-order valence-electron chi connectivity index (χ0n) is 4.94. The first-order chi connectivity index (χ1) is 3.62. The number of aliphatic imine (C=N–C) groups is 1. The molecule has 0 unspecified atom stereocenters. The largest absolute Gasteiger partial charge is 0.235 e. The quantitative estimate of drug-likeness (QED) is 0.318. The molecular weight excluding hydrogens is 126 g/mol. The third kappa shape index (κ3) is 2.78. The highest BCUT2D eigenvalue weighted by Crippen LogP contribution is 2.08. The first-order valence-corrected chi connectivity index (χ1v) is 2.81. The van der Waals surface area contributed by atoms with E-state index in [1.807, 2.05) is 0 Å². The molecule has 0 saturated heterocycles. The first-order valence-electron chi connectivity index (χ1n) is 2.27. The van der Waals surface area contributed by atoms with Crippen molar-refractivity contribution in [1.82, 2.24) is 0 Å². The van der Waals surface area contributed by atoms with Gasteiger partial charge in [0.25, 0.3) is 0 Å². The van der Waals surface area contributed by atoms with Crippen LogP contribution < -0.4 is 0 Å². The molecule has 0 fully saturated rings. The van der Waals surface area contributed by atoms with Crippen molar-refractivity contribution in [3.8, 4) is 0 Å². The molecule has 3 heteroatoms. The van der Waals surface area contributed by atoms with Gasteiger partial charge in [0, 0.05) is 5.88 Å². The van der Waals surface area contributed by atoms with Crippen LogP contribution in [0.1, 0.15) is 13.8 Å². The molecule has 0 amide bonds. The summed E-state index contributed by atoms with van der Waals surface area (Å²) in [6.07, 6.45) is 1.45. The van der Waals surface area contributed by atoms with Gasteiger partial charge >= 0.3 is 0 Å². The van der Waals surface area contributed by atoms with Crippen molar-refractivity contribution in [2.45, 2.75) is 19.4 Å². The number of nitrogens with zero attached hydrogens (tertiary/aromatic N) is 1. The fourth-order valence-electron chi connectivity index (χ4n) is 0.153. The van der Waals surface area contributed by atoms with E-state index in [1.54, 1.807) is 13.8 Å². The molecule has 0 saturated carbocycles. The molecule has 0 radical (unpaired) electrons. The minimum atomic E-state index is -0.441. The van der Waals surface area contributed by atoms with Crippen LogP contribution in [0.2, 0.25) is 0 Å². The summed E-state index contributed by atoms with van der Waals surface area (Å²) >= 11 is 5.40. The molecule has 0 aliphatic rings. The van der Waals surface area contributed by atoms with Crippen LogP contribution in [-0.2, 0) is 4.79 Å². The van der Waals surface area contributed by atoms with Crippen LogP contribution in [-0.4, -0.2) is 17.5 Å². The van der Waals surface area contributed by atoms with Crippen molar-refractivity contribution >= 4 is 17.7 Å². The average Bonchev–Trinajstić information content (AvgIpc) is 1.67. The lowest BCUT2D eigenvalue weighted by molar-refractivity contribution is 0.537. The fourth-order valence-corrected chi connectivity index (χ4v) is 0.213. The molecule has 2 nitrogen and oxygen atoms in total. The highest BCUT2D eigenvalue weighted by molar-refractivity contribution is 6.18. The Morgan fingerprint density at radius 1 is 1.75 bits per heavy atom. The molecule has 0 aliphatic carbocycles. The van der Waals surface area contributed by atoms with Crippen LogP contribution in [0.5, 0.6) is 0 Å². The average molecular weight is 134 g/mol. The molecule has 0 aromatic rings. The maximum Gasteiger partial charge on any atom is 0.235 e. The second-order valence-corrected chi connectivity index (χ2v) is 2.42. The Labute approximate surface area is 53.6 Å². The zero-order chi connectivity index (χ0) is 6.62. The van der Waals surface area contributed by atoms with E-state index in [4.69, 9.17) is 11.6 Å². The van der Waals surface area contributed by atoms with Gasteiger partial charge in [-0.15, -0.1) is 11.6 Å². The molecule has 0 N–H and O–H groups in total. The van der Waals surface area contributed by atoms with Gasteiger partial charge in [0.1, 0.15) is 0 Å². The number of halogens is 1. The van der Waals surface area contributed by atoms with E-state index in [0.29, 0.717) is 5.88 Å². The van der Waals surface area contributed by atoms with Crippen LogP contribution >= 0.6 is 11.6 Å². The molecule has 0 rings (SSSR count). The maximum absolute atomic E-state index is 9.63.